The van der Waals surface area contributed by atoms with Gasteiger partial charge in [-0.1, -0.05) is 22.6 Å². The van der Waals surface area contributed by atoms with Crippen molar-refractivity contribution < 1.29 is 44.2 Å². The third kappa shape index (κ3) is 3.65. The van der Waals surface area contributed by atoms with Crippen molar-refractivity contribution in [2.45, 2.75) is 49.3 Å². The average molecular weight is 437 g/mol. The molecule has 1 amide bonds. The standard InChI is InChI=1S/C11H17FINO8/c1-3(15)14-5-7(18)9(12)11(21,10(19)20)22-8(5)6(17)4(16)2-13/h4-9,16-18,21H,2H2,1H3,(H,14,15)(H,19,20)/t4-,5-,6-,7-,8-,9-,11?/m1/s1. The number of nitrogens with one attached hydrogen (secondary N) is 1. The van der Waals surface area contributed by atoms with E-state index in [9.17, 15) is 34.4 Å². The van der Waals surface area contributed by atoms with Crippen molar-refractivity contribution in [1.82, 2.24) is 5.32 Å². The Morgan fingerprint density at radius 2 is 2.00 bits per heavy atom. The van der Waals surface area contributed by atoms with Crippen molar-refractivity contribution in [3.8, 4) is 0 Å². The number of alkyl halides is 2. The van der Waals surface area contributed by atoms with E-state index in [0.29, 0.717) is 0 Å². The van der Waals surface area contributed by atoms with Crippen LogP contribution in [-0.2, 0) is 14.3 Å². The first-order valence-corrected chi connectivity index (χ1v) is 7.73. The molecule has 1 fully saturated rings. The Morgan fingerprint density at radius 1 is 1.45 bits per heavy atom. The highest BCUT2D eigenvalue weighted by Gasteiger charge is 2.61. The van der Waals surface area contributed by atoms with E-state index in [2.05, 4.69) is 5.32 Å². The SMILES string of the molecule is CC(=O)N[C@@H]1[C@@H](O)[C@@H](F)C(O)(C(=O)O)O[C@H]1[C@H](O)[C@H](O)CI. The minimum Gasteiger partial charge on any atom is -0.477 e. The van der Waals surface area contributed by atoms with E-state index in [4.69, 9.17) is 9.84 Å². The molecule has 1 saturated heterocycles. The number of hydrogen-bond acceptors (Lipinski definition) is 7. The fourth-order valence-corrected chi connectivity index (χ4v) is 2.64. The number of rotatable bonds is 5. The smallest absolute Gasteiger partial charge is 0.367 e. The van der Waals surface area contributed by atoms with Gasteiger partial charge in [0.1, 0.15) is 18.3 Å². The van der Waals surface area contributed by atoms with Gasteiger partial charge in [0.25, 0.3) is 0 Å². The predicted octanol–water partition coefficient (Wildman–Crippen LogP) is -2.48. The minimum absolute atomic E-state index is 0.00618. The molecule has 0 aliphatic carbocycles. The molecular weight excluding hydrogens is 420 g/mol. The number of amides is 1. The Kier molecular flexibility index (Phi) is 6.46. The van der Waals surface area contributed by atoms with E-state index in [1.54, 1.807) is 22.6 Å². The van der Waals surface area contributed by atoms with Crippen LogP contribution < -0.4 is 5.32 Å². The normalized spacial score (nSPS) is 38.1. The third-order valence-corrected chi connectivity index (χ3v) is 4.18. The lowest BCUT2D eigenvalue weighted by Gasteiger charge is -2.46. The number of carbonyl (C=O) groups is 2. The lowest BCUT2D eigenvalue weighted by molar-refractivity contribution is -0.319. The summed E-state index contributed by atoms with van der Waals surface area (Å²) in [5.74, 6) is -6.23. The van der Waals surface area contributed by atoms with Gasteiger partial charge in [-0.25, -0.2) is 9.18 Å². The Bertz CT molecular complexity index is 440. The maximum absolute atomic E-state index is 14.0. The number of halogens is 2. The van der Waals surface area contributed by atoms with Crippen LogP contribution in [0.3, 0.4) is 0 Å². The Balaban J connectivity index is 3.19. The molecule has 1 aliphatic rings. The second-order valence-corrected chi connectivity index (χ2v) is 5.80. The molecule has 6 N–H and O–H groups in total. The summed E-state index contributed by atoms with van der Waals surface area (Å²) < 4.78 is 18.7. The molecule has 22 heavy (non-hydrogen) atoms. The van der Waals surface area contributed by atoms with E-state index in [-0.39, 0.29) is 4.43 Å². The average Bonchev–Trinajstić information content (AvgIpc) is 2.45. The van der Waals surface area contributed by atoms with Gasteiger partial charge in [-0.3, -0.25) is 4.79 Å². The molecule has 0 aromatic carbocycles. The first-order chi connectivity index (χ1) is 10.1. The zero-order valence-corrected chi connectivity index (χ0v) is 13.5. The van der Waals surface area contributed by atoms with Crippen LogP contribution in [-0.4, -0.2) is 84.3 Å². The molecule has 0 saturated carbocycles. The summed E-state index contributed by atoms with van der Waals surface area (Å²) in [4.78, 5) is 22.2. The minimum atomic E-state index is -3.41. The lowest BCUT2D eigenvalue weighted by atomic mass is 9.87. The highest BCUT2D eigenvalue weighted by molar-refractivity contribution is 14.1. The maximum Gasteiger partial charge on any atom is 0.367 e. The number of carboxylic acids is 1. The van der Waals surface area contributed by atoms with Crippen molar-refractivity contribution >= 4 is 34.5 Å². The number of aliphatic carboxylic acids is 1. The molecule has 11 heteroatoms. The van der Waals surface area contributed by atoms with Crippen LogP contribution in [0.25, 0.3) is 0 Å². The van der Waals surface area contributed by atoms with Gasteiger partial charge < -0.3 is 35.6 Å². The zero-order chi connectivity index (χ0) is 17.2. The Morgan fingerprint density at radius 3 is 2.41 bits per heavy atom. The fraction of sp³-hybridized carbons (Fsp3) is 0.818. The first-order valence-electron chi connectivity index (χ1n) is 6.21. The lowest BCUT2D eigenvalue weighted by Crippen LogP contribution is -2.72. The van der Waals surface area contributed by atoms with Crippen molar-refractivity contribution in [1.29, 1.82) is 0 Å². The molecule has 1 aliphatic heterocycles. The van der Waals surface area contributed by atoms with Gasteiger partial charge in [-0.15, -0.1) is 0 Å². The largest absolute Gasteiger partial charge is 0.477 e. The second kappa shape index (κ2) is 7.31. The van der Waals surface area contributed by atoms with Gasteiger partial charge >= 0.3 is 11.8 Å². The van der Waals surface area contributed by atoms with E-state index >= 15 is 0 Å². The molecule has 1 rings (SSSR count). The molecular formula is C11H17FINO8. The molecule has 1 unspecified atom stereocenters. The number of hydrogen-bond donors (Lipinski definition) is 6. The zero-order valence-electron chi connectivity index (χ0n) is 11.4. The summed E-state index contributed by atoms with van der Waals surface area (Å²) in [5, 5.41) is 50.2. The molecule has 0 radical (unpaired) electrons. The number of carbonyl (C=O) groups excluding carboxylic acids is 1. The van der Waals surface area contributed by atoms with Crippen LogP contribution in [0.1, 0.15) is 6.92 Å². The third-order valence-electron chi connectivity index (χ3n) is 3.28. The van der Waals surface area contributed by atoms with Gasteiger partial charge in [-0.2, -0.15) is 0 Å². The van der Waals surface area contributed by atoms with Gasteiger partial charge in [0.15, 0.2) is 6.17 Å². The highest BCUT2D eigenvalue weighted by atomic mass is 127. The molecule has 128 valence electrons. The topological polar surface area (TPSA) is 157 Å². The van der Waals surface area contributed by atoms with Crippen LogP contribution in [0.4, 0.5) is 4.39 Å². The summed E-state index contributed by atoms with van der Waals surface area (Å²) in [6.45, 7) is 1.05. The van der Waals surface area contributed by atoms with Gasteiger partial charge in [0.2, 0.25) is 5.91 Å². The highest BCUT2D eigenvalue weighted by Crippen LogP contribution is 2.33. The fourth-order valence-electron chi connectivity index (χ4n) is 2.12. The predicted molar refractivity (Wildman–Crippen MR) is 76.9 cm³/mol. The van der Waals surface area contributed by atoms with Gasteiger partial charge in [-0.05, 0) is 0 Å². The van der Waals surface area contributed by atoms with E-state index < -0.39 is 54.3 Å². The van der Waals surface area contributed by atoms with Crippen molar-refractivity contribution in [3.63, 3.8) is 0 Å². The van der Waals surface area contributed by atoms with Crippen molar-refractivity contribution in [3.05, 3.63) is 0 Å². The van der Waals surface area contributed by atoms with Crippen LogP contribution in [0.15, 0.2) is 0 Å². The Hall–Kier alpha value is -0.600. The summed E-state index contributed by atoms with van der Waals surface area (Å²) in [6, 6.07) is -1.56. The molecule has 0 aromatic rings. The quantitative estimate of drug-likeness (QED) is 0.204. The van der Waals surface area contributed by atoms with E-state index in [1.807, 2.05) is 0 Å². The van der Waals surface area contributed by atoms with Crippen LogP contribution in [0.5, 0.6) is 0 Å². The summed E-state index contributed by atoms with van der Waals surface area (Å²) in [6.07, 6.45) is -9.87. The number of aliphatic hydroxyl groups excluding tert-OH is 3. The number of carboxylic acid groups (broad SMARTS) is 1. The van der Waals surface area contributed by atoms with Crippen molar-refractivity contribution in [2.75, 3.05) is 4.43 Å². The molecule has 0 bridgehead atoms. The number of aliphatic hydroxyl groups is 4. The van der Waals surface area contributed by atoms with Gasteiger partial charge in [0, 0.05) is 11.4 Å². The molecule has 9 nitrogen and oxygen atoms in total. The first kappa shape index (κ1) is 19.4. The molecule has 0 spiro atoms. The maximum atomic E-state index is 14.0. The van der Waals surface area contributed by atoms with Crippen molar-refractivity contribution in [2.24, 2.45) is 0 Å². The monoisotopic (exact) mass is 437 g/mol. The summed E-state index contributed by atoms with van der Waals surface area (Å²) >= 11 is 1.72. The molecule has 1 heterocycles. The van der Waals surface area contributed by atoms with Crippen LogP contribution in [0, 0.1) is 0 Å². The Labute approximate surface area is 138 Å². The summed E-state index contributed by atoms with van der Waals surface area (Å²) in [7, 11) is 0. The van der Waals surface area contributed by atoms with Gasteiger partial charge in [0.05, 0.1) is 12.1 Å². The van der Waals surface area contributed by atoms with E-state index in [1.165, 1.54) is 0 Å². The summed E-state index contributed by atoms with van der Waals surface area (Å²) in [5.41, 5.74) is 0. The van der Waals surface area contributed by atoms with Crippen LogP contribution in [0.2, 0.25) is 0 Å². The van der Waals surface area contributed by atoms with Crippen LogP contribution >= 0.6 is 22.6 Å². The van der Waals surface area contributed by atoms with E-state index in [0.717, 1.165) is 6.92 Å². The molecule has 0 aromatic heterocycles. The number of ether oxygens (including phenoxy) is 1. The second-order valence-electron chi connectivity index (χ2n) is 4.91. The molecule has 7 atom stereocenters.